The van der Waals surface area contributed by atoms with Crippen LogP contribution in [-0.2, 0) is 20.2 Å². The molecule has 0 saturated carbocycles. The van der Waals surface area contributed by atoms with Crippen LogP contribution in [-0.4, -0.2) is 20.8 Å². The summed E-state index contributed by atoms with van der Waals surface area (Å²) in [6.45, 7) is 5.55. The highest BCUT2D eigenvalue weighted by atomic mass is 32.1. The fraction of sp³-hybridized carbons (Fsp3) is 0.500. The highest BCUT2D eigenvalue weighted by Crippen LogP contribution is 2.13. The third-order valence-electron chi connectivity index (χ3n) is 2.33. The predicted octanol–water partition coefficient (Wildman–Crippen LogP) is 1.95. The van der Waals surface area contributed by atoms with E-state index in [1.807, 2.05) is 18.6 Å². The summed E-state index contributed by atoms with van der Waals surface area (Å²) in [5, 5.41) is 10.5. The first-order chi connectivity index (χ1) is 8.63. The van der Waals surface area contributed by atoms with E-state index in [9.17, 15) is 0 Å². The molecule has 2 rings (SSSR count). The maximum Gasteiger partial charge on any atom is 0.157 e. The van der Waals surface area contributed by atoms with E-state index in [0.29, 0.717) is 12.6 Å². The zero-order valence-corrected chi connectivity index (χ0v) is 11.7. The van der Waals surface area contributed by atoms with Crippen molar-refractivity contribution in [2.75, 3.05) is 0 Å². The van der Waals surface area contributed by atoms with Crippen molar-refractivity contribution < 1.29 is 4.74 Å². The van der Waals surface area contributed by atoms with E-state index in [4.69, 9.17) is 4.74 Å². The van der Waals surface area contributed by atoms with Crippen molar-refractivity contribution in [2.45, 2.75) is 33.0 Å². The number of aryl methyl sites for hydroxylation is 1. The Labute approximate surface area is 111 Å². The quantitative estimate of drug-likeness (QED) is 0.868. The molecule has 0 aliphatic heterocycles. The lowest BCUT2D eigenvalue weighted by molar-refractivity contribution is 0.301. The zero-order valence-electron chi connectivity index (χ0n) is 10.9. The molecule has 98 valence electrons. The Morgan fingerprint density at radius 2 is 2.33 bits per heavy atom. The molecule has 0 aliphatic carbocycles. The largest absolute Gasteiger partial charge is 0.484 e. The van der Waals surface area contributed by atoms with E-state index in [2.05, 4.69) is 29.2 Å². The van der Waals surface area contributed by atoms with E-state index in [0.717, 1.165) is 23.0 Å². The van der Waals surface area contributed by atoms with E-state index < -0.39 is 0 Å². The molecule has 2 heterocycles. The minimum absolute atomic E-state index is 0.476. The second-order valence-corrected chi connectivity index (χ2v) is 5.35. The summed E-state index contributed by atoms with van der Waals surface area (Å²) < 4.78 is 7.31. The van der Waals surface area contributed by atoms with Gasteiger partial charge in [0.05, 0.1) is 18.1 Å². The monoisotopic (exact) mass is 266 g/mol. The fourth-order valence-corrected chi connectivity index (χ4v) is 2.15. The molecule has 2 aromatic rings. The summed E-state index contributed by atoms with van der Waals surface area (Å²) in [5.74, 6) is 0.771. The van der Waals surface area contributed by atoms with Crippen LogP contribution in [0.4, 0.5) is 0 Å². The summed E-state index contributed by atoms with van der Waals surface area (Å²) in [5.41, 5.74) is 0.962. The number of hydrogen-bond donors (Lipinski definition) is 1. The molecule has 6 heteroatoms. The first kappa shape index (κ1) is 13.0. The normalized spacial score (nSPS) is 11.1. The number of rotatable bonds is 6. The number of hydrogen-bond acceptors (Lipinski definition) is 5. The van der Waals surface area contributed by atoms with E-state index >= 15 is 0 Å². The number of nitrogens with zero attached hydrogens (tertiary/aromatic N) is 3. The van der Waals surface area contributed by atoms with Gasteiger partial charge in [0.2, 0.25) is 0 Å². The molecule has 0 radical (unpaired) electrons. The van der Waals surface area contributed by atoms with Gasteiger partial charge in [-0.25, -0.2) is 4.98 Å². The van der Waals surface area contributed by atoms with Gasteiger partial charge in [0.15, 0.2) is 5.75 Å². The third-order valence-corrected chi connectivity index (χ3v) is 3.23. The summed E-state index contributed by atoms with van der Waals surface area (Å²) >= 11 is 1.66. The Morgan fingerprint density at radius 1 is 1.50 bits per heavy atom. The van der Waals surface area contributed by atoms with Gasteiger partial charge in [-0.05, 0) is 0 Å². The van der Waals surface area contributed by atoms with Crippen molar-refractivity contribution in [3.8, 4) is 5.75 Å². The Morgan fingerprint density at radius 3 is 3.00 bits per heavy atom. The SMILES string of the molecule is CC(C)NCc1nc(COc2cnn(C)c2)cs1. The first-order valence-electron chi connectivity index (χ1n) is 5.91. The molecular formula is C12H18N4OS. The molecule has 0 bridgehead atoms. The standard InChI is InChI=1S/C12H18N4OS/c1-9(2)13-5-12-15-10(8-18-12)7-17-11-4-14-16(3)6-11/h4,6,8-9,13H,5,7H2,1-3H3. The van der Waals surface area contributed by atoms with Crippen molar-refractivity contribution in [1.82, 2.24) is 20.1 Å². The van der Waals surface area contributed by atoms with Crippen LogP contribution in [0.1, 0.15) is 24.5 Å². The summed E-state index contributed by atoms with van der Waals surface area (Å²) in [6.07, 6.45) is 3.54. The van der Waals surface area contributed by atoms with Gasteiger partial charge in [0.1, 0.15) is 11.6 Å². The molecule has 2 aromatic heterocycles. The lowest BCUT2D eigenvalue weighted by atomic mass is 10.4. The molecule has 0 unspecified atom stereocenters. The highest BCUT2D eigenvalue weighted by Gasteiger charge is 2.04. The number of thiazole rings is 1. The molecule has 0 saturated heterocycles. The van der Waals surface area contributed by atoms with Crippen LogP contribution in [0.2, 0.25) is 0 Å². The van der Waals surface area contributed by atoms with Crippen LogP contribution >= 0.6 is 11.3 Å². The number of aromatic nitrogens is 3. The molecule has 0 fully saturated rings. The molecule has 0 aromatic carbocycles. The second kappa shape index (κ2) is 5.97. The summed E-state index contributed by atoms with van der Waals surface area (Å²) in [7, 11) is 1.87. The number of ether oxygens (including phenoxy) is 1. The van der Waals surface area contributed by atoms with Crippen LogP contribution in [0, 0.1) is 0 Å². The van der Waals surface area contributed by atoms with Crippen molar-refractivity contribution in [3.63, 3.8) is 0 Å². The van der Waals surface area contributed by atoms with Gasteiger partial charge in [0, 0.05) is 25.0 Å². The Balaban J connectivity index is 1.83. The molecule has 1 N–H and O–H groups in total. The maximum atomic E-state index is 5.59. The second-order valence-electron chi connectivity index (χ2n) is 4.41. The zero-order chi connectivity index (χ0) is 13.0. The average molecular weight is 266 g/mol. The molecule has 5 nitrogen and oxygen atoms in total. The Bertz CT molecular complexity index is 492. The van der Waals surface area contributed by atoms with Crippen LogP contribution in [0.3, 0.4) is 0 Å². The average Bonchev–Trinajstić information content (AvgIpc) is 2.93. The highest BCUT2D eigenvalue weighted by molar-refractivity contribution is 7.09. The van der Waals surface area contributed by atoms with E-state index in [-0.39, 0.29) is 0 Å². The molecule has 0 spiro atoms. The van der Waals surface area contributed by atoms with Crippen LogP contribution in [0.5, 0.6) is 5.75 Å². The van der Waals surface area contributed by atoms with Crippen LogP contribution in [0.25, 0.3) is 0 Å². The van der Waals surface area contributed by atoms with Crippen molar-refractivity contribution in [3.05, 3.63) is 28.5 Å². The summed E-state index contributed by atoms with van der Waals surface area (Å²) in [4.78, 5) is 4.51. The maximum absolute atomic E-state index is 5.59. The van der Waals surface area contributed by atoms with Crippen molar-refractivity contribution in [1.29, 1.82) is 0 Å². The molecule has 18 heavy (non-hydrogen) atoms. The third kappa shape index (κ3) is 3.82. The molecule has 0 aliphatic rings. The Kier molecular flexibility index (Phi) is 4.33. The smallest absolute Gasteiger partial charge is 0.157 e. The lowest BCUT2D eigenvalue weighted by Gasteiger charge is -2.04. The van der Waals surface area contributed by atoms with Gasteiger partial charge in [-0.15, -0.1) is 11.3 Å². The fourth-order valence-electron chi connectivity index (χ4n) is 1.42. The van der Waals surface area contributed by atoms with E-state index in [1.165, 1.54) is 0 Å². The predicted molar refractivity (Wildman–Crippen MR) is 71.6 cm³/mol. The Hall–Kier alpha value is -1.40. The number of nitrogens with one attached hydrogen (secondary N) is 1. The van der Waals surface area contributed by atoms with Gasteiger partial charge in [0.25, 0.3) is 0 Å². The topological polar surface area (TPSA) is 52.0 Å². The van der Waals surface area contributed by atoms with Crippen LogP contribution < -0.4 is 10.1 Å². The molecular weight excluding hydrogens is 248 g/mol. The molecule has 0 atom stereocenters. The van der Waals surface area contributed by atoms with E-state index in [1.54, 1.807) is 22.2 Å². The minimum atomic E-state index is 0.476. The molecule has 0 amide bonds. The van der Waals surface area contributed by atoms with Gasteiger partial charge < -0.3 is 10.1 Å². The first-order valence-corrected chi connectivity index (χ1v) is 6.79. The van der Waals surface area contributed by atoms with Gasteiger partial charge in [-0.2, -0.15) is 5.10 Å². The van der Waals surface area contributed by atoms with Gasteiger partial charge in [-0.3, -0.25) is 4.68 Å². The van der Waals surface area contributed by atoms with Crippen molar-refractivity contribution in [2.24, 2.45) is 7.05 Å². The van der Waals surface area contributed by atoms with Crippen LogP contribution in [0.15, 0.2) is 17.8 Å². The lowest BCUT2D eigenvalue weighted by Crippen LogP contribution is -2.21. The minimum Gasteiger partial charge on any atom is -0.484 e. The van der Waals surface area contributed by atoms with Gasteiger partial charge >= 0.3 is 0 Å². The van der Waals surface area contributed by atoms with Gasteiger partial charge in [-0.1, -0.05) is 13.8 Å². The van der Waals surface area contributed by atoms with Crippen molar-refractivity contribution >= 4 is 11.3 Å². The summed E-state index contributed by atoms with van der Waals surface area (Å²) in [6, 6.07) is 0.476.